The summed E-state index contributed by atoms with van der Waals surface area (Å²) >= 11 is 0. The number of amides is 1. The van der Waals surface area contributed by atoms with Gasteiger partial charge in [-0.2, -0.15) is 5.10 Å². The number of aryl methyl sites for hydroxylation is 1. The van der Waals surface area contributed by atoms with Gasteiger partial charge in [0, 0.05) is 12.0 Å². The van der Waals surface area contributed by atoms with Gasteiger partial charge in [-0.3, -0.25) is 10.1 Å². The van der Waals surface area contributed by atoms with Crippen LogP contribution in [0.4, 0.5) is 5.88 Å². The highest BCUT2D eigenvalue weighted by Crippen LogP contribution is 2.34. The first-order valence-electron chi connectivity index (χ1n) is 10.6. The second kappa shape index (κ2) is 8.75. The molecule has 1 amide bonds. The van der Waals surface area contributed by atoms with Crippen LogP contribution >= 0.6 is 0 Å². The summed E-state index contributed by atoms with van der Waals surface area (Å²) in [6, 6.07) is 9.56. The Morgan fingerprint density at radius 3 is 2.58 bits per heavy atom. The minimum absolute atomic E-state index is 0.134. The van der Waals surface area contributed by atoms with E-state index in [1.165, 1.54) is 12.8 Å². The first kappa shape index (κ1) is 20.8. The fourth-order valence-electron chi connectivity index (χ4n) is 4.37. The third-order valence-corrected chi connectivity index (χ3v) is 5.94. The van der Waals surface area contributed by atoms with Gasteiger partial charge in [0.2, 0.25) is 11.8 Å². The van der Waals surface area contributed by atoms with Crippen LogP contribution in [0.3, 0.4) is 0 Å². The molecule has 1 aliphatic carbocycles. The Labute approximate surface area is 180 Å². The number of benzene rings is 1. The molecule has 4 rings (SSSR count). The maximum atomic E-state index is 12.4. The van der Waals surface area contributed by atoms with Crippen LogP contribution in [0, 0.1) is 19.8 Å². The van der Waals surface area contributed by atoms with Crippen molar-refractivity contribution in [3.63, 3.8) is 0 Å². The normalized spacial score (nSPS) is 14.1. The second-order valence-electron chi connectivity index (χ2n) is 8.07. The lowest BCUT2D eigenvalue weighted by atomic mass is 10.0. The molecule has 2 N–H and O–H groups in total. The van der Waals surface area contributed by atoms with E-state index in [0.29, 0.717) is 23.6 Å². The van der Waals surface area contributed by atoms with Crippen molar-refractivity contribution in [1.82, 2.24) is 14.9 Å². The standard InChI is InChI=1S/C23H26N4O4/c1-14-19(15(2)27(25-14)17-10-4-3-5-11-17)21-20(23(29)30)22(31-26-21)24-18(28)13-12-16-8-6-7-9-16/h3-5,10-11,16H,6-9,12-13H2,1-2H3,(H,24,28)(H,29,30). The number of carbonyl (C=O) groups excluding carboxylic acids is 1. The van der Waals surface area contributed by atoms with E-state index in [4.69, 9.17) is 4.52 Å². The maximum absolute atomic E-state index is 12.4. The van der Waals surface area contributed by atoms with Gasteiger partial charge in [-0.05, 0) is 38.3 Å². The average Bonchev–Trinajstić information content (AvgIpc) is 3.47. The SMILES string of the molecule is Cc1nn(-c2ccccc2)c(C)c1-c1noc(NC(=O)CCC2CCCC2)c1C(=O)O. The zero-order valence-electron chi connectivity index (χ0n) is 17.7. The number of anilines is 1. The number of aromatic nitrogens is 3. The molecule has 0 unspecified atom stereocenters. The Morgan fingerprint density at radius 1 is 1.19 bits per heavy atom. The molecule has 1 saturated carbocycles. The summed E-state index contributed by atoms with van der Waals surface area (Å²) in [4.78, 5) is 24.5. The van der Waals surface area contributed by atoms with E-state index >= 15 is 0 Å². The summed E-state index contributed by atoms with van der Waals surface area (Å²) in [5.74, 6) is -1.03. The van der Waals surface area contributed by atoms with E-state index in [-0.39, 0.29) is 23.0 Å². The van der Waals surface area contributed by atoms with Gasteiger partial charge < -0.3 is 9.63 Å². The van der Waals surface area contributed by atoms with Crippen molar-refractivity contribution in [3.8, 4) is 16.9 Å². The van der Waals surface area contributed by atoms with Crippen molar-refractivity contribution in [2.45, 2.75) is 52.4 Å². The molecule has 1 fully saturated rings. The van der Waals surface area contributed by atoms with Crippen LogP contribution in [-0.2, 0) is 4.79 Å². The molecular formula is C23H26N4O4. The number of hydrogen-bond acceptors (Lipinski definition) is 5. The van der Waals surface area contributed by atoms with Crippen LogP contribution in [0.15, 0.2) is 34.9 Å². The maximum Gasteiger partial charge on any atom is 0.343 e. The van der Waals surface area contributed by atoms with E-state index in [1.807, 2.05) is 37.3 Å². The lowest BCUT2D eigenvalue weighted by Crippen LogP contribution is -2.14. The number of carbonyl (C=O) groups is 2. The molecule has 0 atom stereocenters. The van der Waals surface area contributed by atoms with Crippen LogP contribution in [0.5, 0.6) is 0 Å². The van der Waals surface area contributed by atoms with Gasteiger partial charge in [0.05, 0.1) is 17.1 Å². The molecule has 8 heteroatoms. The molecule has 0 bridgehead atoms. The van der Waals surface area contributed by atoms with Crippen LogP contribution in [0.1, 0.15) is 60.3 Å². The van der Waals surface area contributed by atoms with Crippen molar-refractivity contribution in [2.75, 3.05) is 5.32 Å². The molecule has 0 radical (unpaired) electrons. The minimum Gasteiger partial charge on any atom is -0.477 e. The highest BCUT2D eigenvalue weighted by atomic mass is 16.5. The van der Waals surface area contributed by atoms with Gasteiger partial charge in [0.25, 0.3) is 0 Å². The molecule has 3 aromatic rings. The Morgan fingerprint density at radius 2 is 1.90 bits per heavy atom. The van der Waals surface area contributed by atoms with Crippen LogP contribution in [0.25, 0.3) is 16.9 Å². The fourth-order valence-corrected chi connectivity index (χ4v) is 4.37. The summed E-state index contributed by atoms with van der Waals surface area (Å²) in [7, 11) is 0. The molecule has 0 aliphatic heterocycles. The van der Waals surface area contributed by atoms with Crippen LogP contribution in [-0.4, -0.2) is 31.9 Å². The monoisotopic (exact) mass is 422 g/mol. The molecule has 162 valence electrons. The summed E-state index contributed by atoms with van der Waals surface area (Å²) in [6.07, 6.45) is 5.89. The predicted molar refractivity (Wildman–Crippen MR) is 115 cm³/mol. The van der Waals surface area contributed by atoms with Gasteiger partial charge in [0.15, 0.2) is 5.56 Å². The summed E-state index contributed by atoms with van der Waals surface area (Å²) in [5.41, 5.74) is 2.80. The summed E-state index contributed by atoms with van der Waals surface area (Å²) < 4.78 is 7.02. The topological polar surface area (TPSA) is 110 Å². The third kappa shape index (κ3) is 4.23. The van der Waals surface area contributed by atoms with Gasteiger partial charge in [-0.25, -0.2) is 9.48 Å². The van der Waals surface area contributed by atoms with Crippen molar-refractivity contribution < 1.29 is 19.2 Å². The van der Waals surface area contributed by atoms with E-state index in [9.17, 15) is 14.7 Å². The molecule has 1 aromatic carbocycles. The Kier molecular flexibility index (Phi) is 5.88. The Bertz CT molecular complexity index is 1090. The van der Waals surface area contributed by atoms with Gasteiger partial charge in [-0.1, -0.05) is 49.0 Å². The number of para-hydroxylation sites is 1. The molecular weight excluding hydrogens is 396 g/mol. The molecule has 2 aromatic heterocycles. The smallest absolute Gasteiger partial charge is 0.343 e. The van der Waals surface area contributed by atoms with E-state index < -0.39 is 5.97 Å². The highest BCUT2D eigenvalue weighted by molar-refractivity contribution is 6.03. The van der Waals surface area contributed by atoms with Gasteiger partial charge in [0.1, 0.15) is 5.69 Å². The highest BCUT2D eigenvalue weighted by Gasteiger charge is 2.29. The number of nitrogens with one attached hydrogen (secondary N) is 1. The van der Waals surface area contributed by atoms with Crippen molar-refractivity contribution >= 4 is 17.8 Å². The van der Waals surface area contributed by atoms with E-state index in [1.54, 1.807) is 11.6 Å². The fraction of sp³-hybridized carbons (Fsp3) is 0.391. The first-order valence-corrected chi connectivity index (χ1v) is 10.6. The number of aromatic carboxylic acids is 1. The van der Waals surface area contributed by atoms with E-state index in [0.717, 1.165) is 30.6 Å². The second-order valence-corrected chi connectivity index (χ2v) is 8.07. The first-order chi connectivity index (χ1) is 15.0. The molecule has 0 saturated heterocycles. The van der Waals surface area contributed by atoms with E-state index in [2.05, 4.69) is 15.6 Å². The largest absolute Gasteiger partial charge is 0.477 e. The Hall–Kier alpha value is -3.42. The number of hydrogen-bond donors (Lipinski definition) is 2. The van der Waals surface area contributed by atoms with Crippen molar-refractivity contribution in [3.05, 3.63) is 47.3 Å². The average molecular weight is 422 g/mol. The van der Waals surface area contributed by atoms with Gasteiger partial charge >= 0.3 is 5.97 Å². The van der Waals surface area contributed by atoms with Gasteiger partial charge in [-0.15, -0.1) is 0 Å². The minimum atomic E-state index is -1.21. The molecule has 31 heavy (non-hydrogen) atoms. The lowest BCUT2D eigenvalue weighted by molar-refractivity contribution is -0.116. The lowest BCUT2D eigenvalue weighted by Gasteiger charge is -2.08. The molecule has 0 spiro atoms. The molecule has 8 nitrogen and oxygen atoms in total. The number of carboxylic acid groups (broad SMARTS) is 1. The number of nitrogens with zero attached hydrogens (tertiary/aromatic N) is 3. The predicted octanol–water partition coefficient (Wildman–Crippen LogP) is 4.75. The van der Waals surface area contributed by atoms with Crippen molar-refractivity contribution in [2.24, 2.45) is 5.92 Å². The zero-order valence-corrected chi connectivity index (χ0v) is 17.7. The van der Waals surface area contributed by atoms with Crippen molar-refractivity contribution in [1.29, 1.82) is 0 Å². The molecule has 2 heterocycles. The number of rotatable bonds is 7. The summed E-state index contributed by atoms with van der Waals surface area (Å²) in [5, 5.41) is 21.0. The van der Waals surface area contributed by atoms with Crippen LogP contribution in [0.2, 0.25) is 0 Å². The summed E-state index contributed by atoms with van der Waals surface area (Å²) in [6.45, 7) is 3.64. The zero-order chi connectivity index (χ0) is 22.0. The quantitative estimate of drug-likeness (QED) is 0.568. The molecule has 1 aliphatic rings. The Balaban J connectivity index is 1.61. The third-order valence-electron chi connectivity index (χ3n) is 5.94. The van der Waals surface area contributed by atoms with Crippen LogP contribution < -0.4 is 5.32 Å². The number of carboxylic acids is 1.